The number of anilines is 2. The summed E-state index contributed by atoms with van der Waals surface area (Å²) >= 11 is 0. The summed E-state index contributed by atoms with van der Waals surface area (Å²) in [5, 5.41) is 8.84. The van der Waals surface area contributed by atoms with E-state index in [9.17, 15) is 9.59 Å². The summed E-state index contributed by atoms with van der Waals surface area (Å²) < 4.78 is 0. The van der Waals surface area contributed by atoms with E-state index in [0.717, 1.165) is 22.5 Å². The molecular weight excluding hydrogens is 362 g/mol. The normalized spacial score (nSPS) is 10.3. The highest BCUT2D eigenvalue weighted by atomic mass is 16.2. The van der Waals surface area contributed by atoms with Crippen molar-refractivity contribution in [1.29, 1.82) is 0 Å². The lowest BCUT2D eigenvalue weighted by molar-refractivity contribution is -0.114. The lowest BCUT2D eigenvalue weighted by Gasteiger charge is -2.10. The maximum atomic E-state index is 12.3. The van der Waals surface area contributed by atoms with Crippen molar-refractivity contribution < 1.29 is 9.59 Å². The van der Waals surface area contributed by atoms with E-state index >= 15 is 0 Å². The largest absolute Gasteiger partial charge is 0.376 e. The lowest BCUT2D eigenvalue weighted by Crippen LogP contribution is -2.23. The smallest absolute Gasteiger partial charge is 0.251 e. The standard InChI is InChI=1S/C24H25N3O2/c1-17-8-11-22(14-18(17)2)27-23(28)16-25-21-12-9-20(10-13-21)24(29)26-15-19-6-4-3-5-7-19/h3-14,25H,15-16H2,1-2H3,(H,26,29)(H,27,28). The van der Waals surface area contributed by atoms with Gasteiger partial charge in [-0.25, -0.2) is 0 Å². The molecule has 0 unspecified atom stereocenters. The zero-order valence-corrected chi connectivity index (χ0v) is 16.7. The fourth-order valence-corrected chi connectivity index (χ4v) is 2.83. The summed E-state index contributed by atoms with van der Waals surface area (Å²) in [6, 6.07) is 22.7. The van der Waals surface area contributed by atoms with Gasteiger partial charge in [-0.05, 0) is 66.9 Å². The molecule has 3 N–H and O–H groups in total. The summed E-state index contributed by atoms with van der Waals surface area (Å²) in [5.41, 5.74) is 5.51. The van der Waals surface area contributed by atoms with Gasteiger partial charge in [-0.1, -0.05) is 36.4 Å². The molecule has 0 aliphatic carbocycles. The number of aryl methyl sites for hydroxylation is 2. The van der Waals surface area contributed by atoms with Crippen LogP contribution in [0.5, 0.6) is 0 Å². The molecule has 0 aromatic heterocycles. The van der Waals surface area contributed by atoms with Crippen LogP contribution in [0, 0.1) is 13.8 Å². The number of hydrogen-bond donors (Lipinski definition) is 3. The van der Waals surface area contributed by atoms with Crippen LogP contribution in [0.2, 0.25) is 0 Å². The van der Waals surface area contributed by atoms with Gasteiger partial charge in [0.05, 0.1) is 6.54 Å². The molecule has 3 aromatic carbocycles. The van der Waals surface area contributed by atoms with Crippen molar-refractivity contribution in [3.8, 4) is 0 Å². The van der Waals surface area contributed by atoms with Crippen LogP contribution in [0.4, 0.5) is 11.4 Å². The summed E-state index contributed by atoms with van der Waals surface area (Å²) in [6.07, 6.45) is 0. The van der Waals surface area contributed by atoms with Crippen LogP contribution in [0.25, 0.3) is 0 Å². The van der Waals surface area contributed by atoms with E-state index in [-0.39, 0.29) is 18.4 Å². The average Bonchev–Trinajstić information content (AvgIpc) is 2.74. The van der Waals surface area contributed by atoms with Gasteiger partial charge < -0.3 is 16.0 Å². The first kappa shape index (κ1) is 20.1. The Labute approximate surface area is 171 Å². The third kappa shape index (κ3) is 5.94. The molecule has 5 heteroatoms. The maximum Gasteiger partial charge on any atom is 0.251 e. The number of hydrogen-bond acceptors (Lipinski definition) is 3. The summed E-state index contributed by atoms with van der Waals surface area (Å²) in [4.78, 5) is 24.4. The second-order valence-electron chi connectivity index (χ2n) is 6.95. The highest BCUT2D eigenvalue weighted by Gasteiger charge is 2.07. The lowest BCUT2D eigenvalue weighted by atomic mass is 10.1. The molecule has 0 spiro atoms. The number of nitrogens with one attached hydrogen (secondary N) is 3. The Kier molecular flexibility index (Phi) is 6.63. The SMILES string of the molecule is Cc1ccc(NC(=O)CNc2ccc(C(=O)NCc3ccccc3)cc2)cc1C. The molecule has 0 saturated heterocycles. The van der Waals surface area contributed by atoms with Crippen molar-refractivity contribution in [2.75, 3.05) is 17.2 Å². The van der Waals surface area contributed by atoms with E-state index < -0.39 is 0 Å². The fraction of sp³-hybridized carbons (Fsp3) is 0.167. The van der Waals surface area contributed by atoms with Crippen molar-refractivity contribution in [3.63, 3.8) is 0 Å². The minimum absolute atomic E-state index is 0.127. The fourth-order valence-electron chi connectivity index (χ4n) is 2.83. The number of amides is 2. The Hall–Kier alpha value is -3.60. The number of carbonyl (C=O) groups is 2. The van der Waals surface area contributed by atoms with Gasteiger partial charge in [-0.2, -0.15) is 0 Å². The van der Waals surface area contributed by atoms with E-state index in [1.54, 1.807) is 24.3 Å². The first-order chi connectivity index (χ1) is 14.0. The van der Waals surface area contributed by atoms with Gasteiger partial charge in [0.2, 0.25) is 5.91 Å². The number of benzene rings is 3. The van der Waals surface area contributed by atoms with Crippen molar-refractivity contribution in [1.82, 2.24) is 5.32 Å². The first-order valence-electron chi connectivity index (χ1n) is 9.54. The van der Waals surface area contributed by atoms with Gasteiger partial charge in [0.25, 0.3) is 5.91 Å². The maximum absolute atomic E-state index is 12.3. The Bertz CT molecular complexity index is 983. The number of rotatable bonds is 7. The molecule has 0 saturated carbocycles. The van der Waals surface area contributed by atoms with Gasteiger partial charge in [0.15, 0.2) is 0 Å². The van der Waals surface area contributed by atoms with Crippen LogP contribution in [0.3, 0.4) is 0 Å². The molecule has 3 rings (SSSR count). The highest BCUT2D eigenvalue weighted by Crippen LogP contribution is 2.14. The van der Waals surface area contributed by atoms with Crippen molar-refractivity contribution >= 4 is 23.2 Å². The first-order valence-corrected chi connectivity index (χ1v) is 9.54. The average molecular weight is 387 g/mol. The third-order valence-corrected chi connectivity index (χ3v) is 4.69. The second-order valence-corrected chi connectivity index (χ2v) is 6.95. The summed E-state index contributed by atoms with van der Waals surface area (Å²) in [7, 11) is 0. The van der Waals surface area contributed by atoms with Gasteiger partial charge in [0.1, 0.15) is 0 Å². The molecule has 0 fully saturated rings. The minimum atomic E-state index is -0.132. The molecule has 2 amide bonds. The topological polar surface area (TPSA) is 70.2 Å². The third-order valence-electron chi connectivity index (χ3n) is 4.69. The van der Waals surface area contributed by atoms with Crippen molar-refractivity contribution in [3.05, 3.63) is 95.1 Å². The molecule has 0 aliphatic heterocycles. The van der Waals surface area contributed by atoms with Crippen LogP contribution >= 0.6 is 0 Å². The predicted octanol–water partition coefficient (Wildman–Crippen LogP) is 4.28. The van der Waals surface area contributed by atoms with E-state index in [0.29, 0.717) is 12.1 Å². The molecule has 0 heterocycles. The van der Waals surface area contributed by atoms with E-state index in [1.165, 1.54) is 5.56 Å². The molecule has 3 aromatic rings. The van der Waals surface area contributed by atoms with E-state index in [2.05, 4.69) is 16.0 Å². The van der Waals surface area contributed by atoms with Gasteiger partial charge >= 0.3 is 0 Å². The molecule has 29 heavy (non-hydrogen) atoms. The summed E-state index contributed by atoms with van der Waals surface area (Å²) in [5.74, 6) is -0.258. The molecule has 0 atom stereocenters. The molecular formula is C24H25N3O2. The monoisotopic (exact) mass is 387 g/mol. The number of carbonyl (C=O) groups excluding carboxylic acids is 2. The van der Waals surface area contributed by atoms with Crippen molar-refractivity contribution in [2.24, 2.45) is 0 Å². The zero-order valence-electron chi connectivity index (χ0n) is 16.7. The van der Waals surface area contributed by atoms with Gasteiger partial charge in [-0.15, -0.1) is 0 Å². The highest BCUT2D eigenvalue weighted by molar-refractivity contribution is 5.95. The van der Waals surface area contributed by atoms with Crippen LogP contribution in [-0.4, -0.2) is 18.4 Å². The van der Waals surface area contributed by atoms with Crippen LogP contribution in [0.15, 0.2) is 72.8 Å². The van der Waals surface area contributed by atoms with Crippen LogP contribution < -0.4 is 16.0 Å². The van der Waals surface area contributed by atoms with Crippen LogP contribution in [-0.2, 0) is 11.3 Å². The van der Waals surface area contributed by atoms with Gasteiger partial charge in [0, 0.05) is 23.5 Å². The second kappa shape index (κ2) is 9.55. The van der Waals surface area contributed by atoms with Crippen LogP contribution in [0.1, 0.15) is 27.0 Å². The minimum Gasteiger partial charge on any atom is -0.376 e. The zero-order chi connectivity index (χ0) is 20.6. The molecule has 0 radical (unpaired) electrons. The molecule has 5 nitrogen and oxygen atoms in total. The summed E-state index contributed by atoms with van der Waals surface area (Å²) in [6.45, 7) is 4.68. The Balaban J connectivity index is 1.47. The van der Waals surface area contributed by atoms with Gasteiger partial charge in [-0.3, -0.25) is 9.59 Å². The molecule has 148 valence electrons. The Morgan fingerprint density at radius 1 is 0.793 bits per heavy atom. The molecule has 0 bridgehead atoms. The Morgan fingerprint density at radius 3 is 2.17 bits per heavy atom. The van der Waals surface area contributed by atoms with E-state index in [1.807, 2.05) is 62.4 Å². The molecule has 0 aliphatic rings. The quantitative estimate of drug-likeness (QED) is 0.567. The predicted molar refractivity (Wildman–Crippen MR) is 117 cm³/mol. The van der Waals surface area contributed by atoms with Crippen molar-refractivity contribution in [2.45, 2.75) is 20.4 Å². The Morgan fingerprint density at radius 2 is 1.48 bits per heavy atom. The van der Waals surface area contributed by atoms with E-state index in [4.69, 9.17) is 0 Å².